The van der Waals surface area contributed by atoms with Crippen LogP contribution in [0, 0.1) is 13.8 Å². The first-order valence-electron chi connectivity index (χ1n) is 10.9. The second-order valence-corrected chi connectivity index (χ2v) is 10.5. The zero-order valence-electron chi connectivity index (χ0n) is 18.2. The third-order valence-corrected chi connectivity index (χ3v) is 8.06. The molecule has 0 bridgehead atoms. The molecule has 31 heavy (non-hydrogen) atoms. The molecular formula is C23H30N4O3S. The molecule has 1 aromatic heterocycles. The summed E-state index contributed by atoms with van der Waals surface area (Å²) in [4.78, 5) is 21.6. The number of benzene rings is 1. The lowest BCUT2D eigenvalue weighted by atomic mass is 10.1. The summed E-state index contributed by atoms with van der Waals surface area (Å²) in [5.41, 5.74) is 4.04. The number of amides is 1. The van der Waals surface area contributed by atoms with Crippen LogP contribution in [0.2, 0.25) is 0 Å². The Morgan fingerprint density at radius 3 is 2.35 bits per heavy atom. The molecule has 7 nitrogen and oxygen atoms in total. The first kappa shape index (κ1) is 21.8. The number of carbonyl (C=O) groups is 1. The summed E-state index contributed by atoms with van der Waals surface area (Å²) in [7, 11) is -3.06. The van der Waals surface area contributed by atoms with Gasteiger partial charge in [-0.3, -0.25) is 4.79 Å². The van der Waals surface area contributed by atoms with Crippen molar-refractivity contribution in [2.24, 2.45) is 0 Å². The lowest BCUT2D eigenvalue weighted by molar-refractivity contribution is 0.0746. The van der Waals surface area contributed by atoms with Crippen molar-refractivity contribution in [1.82, 2.24) is 14.2 Å². The molecule has 0 radical (unpaired) electrons. The second-order valence-electron chi connectivity index (χ2n) is 8.45. The highest BCUT2D eigenvalue weighted by atomic mass is 32.2. The van der Waals surface area contributed by atoms with Gasteiger partial charge >= 0.3 is 0 Å². The summed E-state index contributed by atoms with van der Waals surface area (Å²) in [5, 5.41) is 0. The van der Waals surface area contributed by atoms with Crippen molar-refractivity contribution in [3.05, 3.63) is 58.8 Å². The van der Waals surface area contributed by atoms with E-state index in [2.05, 4.69) is 22.9 Å². The molecule has 2 aliphatic heterocycles. The van der Waals surface area contributed by atoms with Gasteiger partial charge in [-0.25, -0.2) is 17.7 Å². The van der Waals surface area contributed by atoms with Crippen molar-refractivity contribution in [3.63, 3.8) is 0 Å². The Hall–Kier alpha value is -2.45. The molecular weight excluding hydrogens is 412 g/mol. The highest BCUT2D eigenvalue weighted by Gasteiger charge is 2.27. The molecule has 3 heterocycles. The molecule has 2 aromatic rings. The normalized spacial score (nSPS) is 19.0. The molecule has 2 aliphatic rings. The van der Waals surface area contributed by atoms with E-state index >= 15 is 0 Å². The molecule has 0 spiro atoms. The van der Waals surface area contributed by atoms with Gasteiger partial charge in [-0.15, -0.1) is 0 Å². The topological polar surface area (TPSA) is 73.8 Å². The number of aromatic nitrogens is 1. The average Bonchev–Trinajstić information content (AvgIpc) is 3.10. The number of hydrogen-bond donors (Lipinski definition) is 0. The highest BCUT2D eigenvalue weighted by Crippen LogP contribution is 2.20. The summed E-state index contributed by atoms with van der Waals surface area (Å²) >= 11 is 0. The van der Waals surface area contributed by atoms with E-state index in [1.807, 2.05) is 42.3 Å². The molecule has 0 atom stereocenters. The number of carbonyl (C=O) groups excluding carboxylic acids is 1. The minimum atomic E-state index is -3.06. The summed E-state index contributed by atoms with van der Waals surface area (Å²) < 4.78 is 25.4. The molecule has 8 heteroatoms. The number of anilines is 1. The van der Waals surface area contributed by atoms with E-state index in [9.17, 15) is 13.2 Å². The maximum atomic E-state index is 12.9. The van der Waals surface area contributed by atoms with Crippen molar-refractivity contribution in [2.45, 2.75) is 26.7 Å². The Morgan fingerprint density at radius 2 is 1.74 bits per heavy atom. The van der Waals surface area contributed by atoms with Crippen molar-refractivity contribution in [3.8, 4) is 0 Å². The third kappa shape index (κ3) is 4.91. The predicted molar refractivity (Wildman–Crippen MR) is 122 cm³/mol. The Balaban J connectivity index is 1.31. The van der Waals surface area contributed by atoms with Gasteiger partial charge in [-0.05, 0) is 55.5 Å². The monoisotopic (exact) mass is 442 g/mol. The van der Waals surface area contributed by atoms with Gasteiger partial charge in [0.2, 0.25) is 10.0 Å². The van der Waals surface area contributed by atoms with Gasteiger partial charge in [0.15, 0.2) is 0 Å². The standard InChI is InChI=1S/C23H30N4O3S/c1-18-16-19(2)22(24-17-18)25-11-13-26(14-12-25)23(28)21-6-4-20(5-7-21)8-10-27-9-3-15-31(27,29)30/h4-7,16-17H,3,8-15H2,1-2H3. The van der Waals surface area contributed by atoms with Gasteiger partial charge in [0.1, 0.15) is 5.82 Å². The molecule has 1 amide bonds. The van der Waals surface area contributed by atoms with Crippen LogP contribution in [0.3, 0.4) is 0 Å². The minimum absolute atomic E-state index is 0.0434. The number of nitrogens with zero attached hydrogens (tertiary/aromatic N) is 4. The number of hydrogen-bond acceptors (Lipinski definition) is 5. The number of aryl methyl sites for hydroxylation is 2. The Kier molecular flexibility index (Phi) is 6.29. The van der Waals surface area contributed by atoms with E-state index in [0.29, 0.717) is 44.6 Å². The first-order valence-corrected chi connectivity index (χ1v) is 12.5. The molecule has 1 aromatic carbocycles. The van der Waals surface area contributed by atoms with Gasteiger partial charge in [-0.2, -0.15) is 0 Å². The van der Waals surface area contributed by atoms with Crippen molar-refractivity contribution in [1.29, 1.82) is 0 Å². The van der Waals surface area contributed by atoms with Crippen LogP contribution in [0.4, 0.5) is 5.82 Å². The average molecular weight is 443 g/mol. The molecule has 0 aliphatic carbocycles. The smallest absolute Gasteiger partial charge is 0.253 e. The van der Waals surface area contributed by atoms with Crippen LogP contribution in [-0.4, -0.2) is 73.5 Å². The van der Waals surface area contributed by atoms with Crippen molar-refractivity contribution < 1.29 is 13.2 Å². The lowest BCUT2D eigenvalue weighted by Crippen LogP contribution is -2.49. The summed E-state index contributed by atoms with van der Waals surface area (Å²) in [6.45, 7) is 8.11. The molecule has 0 unspecified atom stereocenters. The first-order chi connectivity index (χ1) is 14.8. The SMILES string of the molecule is Cc1cnc(N2CCN(C(=O)c3ccc(CCN4CCCS4(=O)=O)cc3)CC2)c(C)c1. The minimum Gasteiger partial charge on any atom is -0.353 e. The zero-order valence-corrected chi connectivity index (χ0v) is 19.1. The van der Waals surface area contributed by atoms with Crippen LogP contribution in [0.5, 0.6) is 0 Å². The Labute approximate surface area is 184 Å². The fourth-order valence-corrected chi connectivity index (χ4v) is 5.88. The van der Waals surface area contributed by atoms with Crippen LogP contribution in [-0.2, 0) is 16.4 Å². The van der Waals surface area contributed by atoms with E-state index < -0.39 is 10.0 Å². The summed E-state index contributed by atoms with van der Waals surface area (Å²) in [6.07, 6.45) is 3.26. The maximum Gasteiger partial charge on any atom is 0.253 e. The van der Waals surface area contributed by atoms with Gasteiger partial charge in [0, 0.05) is 51.0 Å². The van der Waals surface area contributed by atoms with Crippen molar-refractivity contribution in [2.75, 3.05) is 49.9 Å². The predicted octanol–water partition coefficient (Wildman–Crippen LogP) is 2.24. The van der Waals surface area contributed by atoms with Gasteiger partial charge in [-0.1, -0.05) is 18.2 Å². The van der Waals surface area contributed by atoms with Crippen LogP contribution in [0.15, 0.2) is 36.5 Å². The van der Waals surface area contributed by atoms with Crippen LogP contribution in [0.1, 0.15) is 33.5 Å². The zero-order chi connectivity index (χ0) is 22.0. The Bertz CT molecular complexity index is 1040. The van der Waals surface area contributed by atoms with Crippen molar-refractivity contribution >= 4 is 21.7 Å². The van der Waals surface area contributed by atoms with Crippen LogP contribution in [0.25, 0.3) is 0 Å². The number of piperazine rings is 1. The lowest BCUT2D eigenvalue weighted by Gasteiger charge is -2.36. The van der Waals surface area contributed by atoms with E-state index in [0.717, 1.165) is 35.6 Å². The number of sulfonamides is 1. The number of rotatable bonds is 5. The van der Waals surface area contributed by atoms with Gasteiger partial charge < -0.3 is 9.80 Å². The Morgan fingerprint density at radius 1 is 1.03 bits per heavy atom. The third-order valence-electron chi connectivity index (χ3n) is 6.11. The fraction of sp³-hybridized carbons (Fsp3) is 0.478. The quantitative estimate of drug-likeness (QED) is 0.710. The van der Waals surface area contributed by atoms with E-state index in [1.165, 1.54) is 0 Å². The molecule has 4 rings (SSSR count). The molecule has 166 valence electrons. The van der Waals surface area contributed by atoms with E-state index in [4.69, 9.17) is 0 Å². The van der Waals surface area contributed by atoms with Crippen LogP contribution >= 0.6 is 0 Å². The molecule has 2 saturated heterocycles. The van der Waals surface area contributed by atoms with Crippen LogP contribution < -0.4 is 4.90 Å². The molecule has 0 saturated carbocycles. The fourth-order valence-electron chi connectivity index (χ4n) is 4.35. The second kappa shape index (κ2) is 8.96. The molecule has 0 N–H and O–H groups in total. The number of pyridine rings is 1. The van der Waals surface area contributed by atoms with E-state index in [1.54, 1.807) is 4.31 Å². The van der Waals surface area contributed by atoms with Gasteiger partial charge in [0.25, 0.3) is 5.91 Å². The summed E-state index contributed by atoms with van der Waals surface area (Å²) in [5.74, 6) is 1.30. The largest absolute Gasteiger partial charge is 0.353 e. The maximum absolute atomic E-state index is 12.9. The summed E-state index contributed by atoms with van der Waals surface area (Å²) in [6, 6.07) is 9.72. The molecule has 2 fully saturated rings. The van der Waals surface area contributed by atoms with E-state index in [-0.39, 0.29) is 11.7 Å². The van der Waals surface area contributed by atoms with Gasteiger partial charge in [0.05, 0.1) is 5.75 Å². The highest BCUT2D eigenvalue weighted by molar-refractivity contribution is 7.89.